The largest absolute Gasteiger partial charge is 0.263 e. The van der Waals surface area contributed by atoms with Gasteiger partial charge in [-0.25, -0.2) is 70.3 Å². The van der Waals surface area contributed by atoms with E-state index in [9.17, 15) is 25.3 Å². The zero-order valence-electron chi connectivity index (χ0n) is 62.9. The van der Waals surface area contributed by atoms with Crippen LogP contribution in [0.4, 0.5) is 11.6 Å². The molecule has 119 heavy (non-hydrogen) atoms. The van der Waals surface area contributed by atoms with Crippen LogP contribution in [-0.2, 0) is 55.8 Å². The number of nitrogens with one attached hydrogen (secondary N) is 2. The standard InChI is InChI=1S/2C25H18ClN3O2S.2C19H13ClN2.C6H6ClNO2S/c26-19-12-14-20(15-13-19)32(30,31)29-25-24(27-22-10-3-4-11-23(22)28-25)16-18-8-5-7-17-6-1-2-9-21(17)18;26-20-11-13-21(14-12-20)32(30,31)29-25-24(27-22-7-3-4-8-23(22)28-25)16-17-9-10-18-5-1-2-6-19(18)15-17;20-19-18(21-16-10-3-4-11-17(16)22-19)12-14-8-5-7-13-6-1-2-9-15(13)14;20-19-18(21-16-7-3-4-8-17(16)22-19)12-13-9-10-14-5-1-2-6-15(14)11-13;7-5-1-3-6(4-2-5)11(8,9)10/h2*1-15H,16H2,(H,28,29);2*1-11H,12H2;1-4H,(H2,8,9,10). The number of anilines is 2. The number of benzene rings is 15. The number of nitrogens with two attached hydrogens (primary N) is 1. The molecule has 19 rings (SSSR count). The van der Waals surface area contributed by atoms with Crippen LogP contribution >= 0.6 is 58.0 Å². The minimum absolute atomic E-state index is 0.0712. The number of sulfonamides is 3. The molecular weight excluding hydrogens is 1650 g/mol. The molecule has 0 aliphatic rings. The minimum Gasteiger partial charge on any atom is -0.262 e. The number of rotatable bonds is 15. The van der Waals surface area contributed by atoms with Gasteiger partial charge < -0.3 is 0 Å². The van der Waals surface area contributed by atoms with E-state index in [4.69, 9.17) is 73.1 Å². The van der Waals surface area contributed by atoms with Crippen LogP contribution in [-0.4, -0.2) is 65.1 Å². The maximum atomic E-state index is 13.0. The second kappa shape index (κ2) is 36.6. The highest BCUT2D eigenvalue weighted by atomic mass is 35.5. The highest BCUT2D eigenvalue weighted by Crippen LogP contribution is 2.32. The zero-order chi connectivity index (χ0) is 82.6. The first-order valence-corrected chi connectivity index (χ1v) is 43.6. The number of hydrogen-bond acceptors (Lipinski definition) is 14. The molecule has 17 nitrogen and oxygen atoms in total. The number of hydrogen-bond donors (Lipinski definition) is 3. The van der Waals surface area contributed by atoms with E-state index in [1.54, 1.807) is 12.1 Å². The normalized spacial score (nSPS) is 11.4. The first kappa shape index (κ1) is 81.7. The molecule has 0 amide bonds. The van der Waals surface area contributed by atoms with Gasteiger partial charge in [-0.3, -0.25) is 9.44 Å². The Morgan fingerprint density at radius 3 is 0.908 bits per heavy atom. The maximum absolute atomic E-state index is 13.0. The predicted molar refractivity (Wildman–Crippen MR) is 483 cm³/mol. The Balaban J connectivity index is 0.000000120. The Morgan fingerprint density at radius 1 is 0.252 bits per heavy atom. The fraction of sp³-hybridized carbons (Fsp3) is 0.0426. The van der Waals surface area contributed by atoms with E-state index in [-0.39, 0.29) is 26.3 Å². The smallest absolute Gasteiger partial charge is 0.262 e. The van der Waals surface area contributed by atoms with Gasteiger partial charge in [0.25, 0.3) is 20.0 Å². The molecular formula is C94H68Cl5N11O6S3. The van der Waals surface area contributed by atoms with Gasteiger partial charge in [-0.05, 0) is 187 Å². The quantitative estimate of drug-likeness (QED) is 0.0863. The van der Waals surface area contributed by atoms with Crippen molar-refractivity contribution in [3.05, 3.63) is 410 Å². The molecule has 0 spiro atoms. The molecule has 0 fully saturated rings. The summed E-state index contributed by atoms with van der Waals surface area (Å²) in [5.74, 6) is 0.429. The fourth-order valence-corrected chi connectivity index (χ4v) is 16.7. The first-order chi connectivity index (χ1) is 57.6. The number of primary sulfonamides is 1. The second-order valence-corrected chi connectivity index (χ2v) is 34.3. The molecule has 0 aliphatic carbocycles. The van der Waals surface area contributed by atoms with Crippen molar-refractivity contribution in [2.75, 3.05) is 9.44 Å². The van der Waals surface area contributed by atoms with E-state index in [2.05, 4.69) is 161 Å². The Morgan fingerprint density at radius 2 is 0.529 bits per heavy atom. The van der Waals surface area contributed by atoms with E-state index in [1.165, 1.54) is 93.3 Å². The molecule has 4 heterocycles. The summed E-state index contributed by atoms with van der Waals surface area (Å²) in [5.41, 5.74) is 13.2. The van der Waals surface area contributed by atoms with Crippen LogP contribution in [0.1, 0.15) is 45.0 Å². The van der Waals surface area contributed by atoms with Crippen molar-refractivity contribution in [2.45, 2.75) is 40.4 Å². The molecule has 588 valence electrons. The summed E-state index contributed by atoms with van der Waals surface area (Å²) < 4.78 is 78.7. The van der Waals surface area contributed by atoms with E-state index >= 15 is 0 Å². The third kappa shape index (κ3) is 20.4. The van der Waals surface area contributed by atoms with Crippen molar-refractivity contribution < 1.29 is 25.3 Å². The van der Waals surface area contributed by atoms with Crippen molar-refractivity contribution in [1.82, 2.24) is 39.9 Å². The topological polar surface area (TPSA) is 256 Å². The summed E-state index contributed by atoms with van der Waals surface area (Å²) in [5, 5.41) is 16.6. The molecule has 19 aromatic rings. The van der Waals surface area contributed by atoms with Gasteiger partial charge >= 0.3 is 0 Å². The van der Waals surface area contributed by atoms with Crippen molar-refractivity contribution in [2.24, 2.45) is 5.14 Å². The van der Waals surface area contributed by atoms with Gasteiger partial charge in [0.15, 0.2) is 21.9 Å². The summed E-state index contributed by atoms with van der Waals surface area (Å²) in [6.45, 7) is 0. The van der Waals surface area contributed by atoms with Crippen LogP contribution in [0.5, 0.6) is 0 Å². The Labute approximate surface area is 711 Å². The lowest BCUT2D eigenvalue weighted by atomic mass is 10.0. The number of para-hydroxylation sites is 8. The molecule has 0 aliphatic heterocycles. The van der Waals surface area contributed by atoms with Crippen LogP contribution < -0.4 is 14.6 Å². The number of aromatic nitrogens is 8. The van der Waals surface area contributed by atoms with Crippen LogP contribution in [0.2, 0.25) is 25.4 Å². The van der Waals surface area contributed by atoms with Crippen molar-refractivity contribution in [3.63, 3.8) is 0 Å². The highest BCUT2D eigenvalue weighted by Gasteiger charge is 2.23. The van der Waals surface area contributed by atoms with Gasteiger partial charge in [-0.15, -0.1) is 0 Å². The van der Waals surface area contributed by atoms with Crippen LogP contribution in [0.25, 0.3) is 87.2 Å². The summed E-state index contributed by atoms with van der Waals surface area (Å²) >= 11 is 30.0. The molecule has 0 atom stereocenters. The maximum Gasteiger partial charge on any atom is 0.263 e. The Bertz CT molecular complexity index is 7340. The van der Waals surface area contributed by atoms with E-state index in [0.717, 1.165) is 66.1 Å². The lowest BCUT2D eigenvalue weighted by Gasteiger charge is -2.14. The average Bonchev–Trinajstić information content (AvgIpc) is 0.791. The lowest BCUT2D eigenvalue weighted by Crippen LogP contribution is -2.16. The third-order valence-corrected chi connectivity index (χ3v) is 24.2. The lowest BCUT2D eigenvalue weighted by molar-refractivity contribution is 0.596. The second-order valence-electron chi connectivity index (χ2n) is 27.4. The third-order valence-electron chi connectivity index (χ3n) is 19.2. The van der Waals surface area contributed by atoms with Crippen molar-refractivity contribution in [3.8, 4) is 0 Å². The summed E-state index contributed by atoms with van der Waals surface area (Å²) in [4.78, 5) is 37.2. The number of fused-ring (bicyclic) bond motifs is 8. The molecule has 0 saturated carbocycles. The first-order valence-electron chi connectivity index (χ1n) is 37.2. The van der Waals surface area contributed by atoms with Crippen LogP contribution in [0.15, 0.2) is 354 Å². The van der Waals surface area contributed by atoms with Crippen molar-refractivity contribution in [1.29, 1.82) is 0 Å². The molecule has 4 N–H and O–H groups in total. The van der Waals surface area contributed by atoms with Gasteiger partial charge in [0.2, 0.25) is 10.0 Å². The van der Waals surface area contributed by atoms with Crippen molar-refractivity contribution >= 4 is 187 Å². The highest BCUT2D eigenvalue weighted by molar-refractivity contribution is 7.93. The molecule has 0 saturated heterocycles. The molecule has 15 aromatic carbocycles. The Hall–Kier alpha value is -12.4. The predicted octanol–water partition coefficient (Wildman–Crippen LogP) is 22.7. The van der Waals surface area contributed by atoms with Gasteiger partial charge in [0, 0.05) is 40.8 Å². The molecule has 0 bridgehead atoms. The summed E-state index contributed by atoms with van der Waals surface area (Å²) in [6, 6.07) is 106. The van der Waals surface area contributed by atoms with Gasteiger partial charge in [-0.2, -0.15) is 0 Å². The van der Waals surface area contributed by atoms with Gasteiger partial charge in [0.05, 0.1) is 81.6 Å². The summed E-state index contributed by atoms with van der Waals surface area (Å²) in [6.07, 6.45) is 2.22. The molecule has 25 heteroatoms. The number of nitrogens with zero attached hydrogens (tertiary/aromatic N) is 8. The number of halogens is 5. The average molecular weight is 1720 g/mol. The van der Waals surface area contributed by atoms with Gasteiger partial charge in [0.1, 0.15) is 0 Å². The molecule has 4 aromatic heterocycles. The SMILES string of the molecule is Clc1nc2ccccc2nc1Cc1ccc2ccccc2c1.Clc1nc2ccccc2nc1Cc1cccc2ccccc12.NS(=O)(=O)c1ccc(Cl)cc1.O=S(=O)(Nc1nc2ccccc2nc1Cc1ccc2ccccc2c1)c1ccc(Cl)cc1.O=S(=O)(Nc1nc2ccccc2nc1Cc1cccc2ccccc12)c1ccc(Cl)cc1. The summed E-state index contributed by atoms with van der Waals surface area (Å²) in [7, 11) is -11.3. The Kier molecular flexibility index (Phi) is 25.1. The van der Waals surface area contributed by atoms with Gasteiger partial charge in [-0.1, -0.05) is 276 Å². The van der Waals surface area contributed by atoms with E-state index in [1.807, 2.05) is 146 Å². The zero-order valence-corrected chi connectivity index (χ0v) is 69.1. The molecule has 0 unspecified atom stereocenters. The minimum atomic E-state index is -3.87. The van der Waals surface area contributed by atoms with E-state index < -0.39 is 30.1 Å². The van der Waals surface area contributed by atoms with Crippen LogP contribution in [0, 0.1) is 0 Å². The van der Waals surface area contributed by atoms with Crippen LogP contribution in [0.3, 0.4) is 0 Å². The fourth-order valence-electron chi connectivity index (χ4n) is 13.3. The van der Waals surface area contributed by atoms with E-state index in [0.29, 0.717) is 84.5 Å². The molecule has 0 radical (unpaired) electrons. The monoisotopic (exact) mass is 1720 g/mol.